The Morgan fingerprint density at radius 3 is 2.50 bits per heavy atom. The Morgan fingerprint density at radius 1 is 1.08 bits per heavy atom. The van der Waals surface area contributed by atoms with Crippen molar-refractivity contribution in [2.24, 2.45) is 0 Å². The second-order valence-corrected chi connectivity index (χ2v) is 3.70. The van der Waals surface area contributed by atoms with Crippen LogP contribution >= 0.6 is 15.9 Å². The molecular weight excluding hydrogens is 212 g/mol. The van der Waals surface area contributed by atoms with Gasteiger partial charge in [-0.3, -0.25) is 0 Å². The lowest BCUT2D eigenvalue weighted by atomic mass is 10.1. The highest BCUT2D eigenvalue weighted by atomic mass is 79.9. The molecule has 0 bridgehead atoms. The first-order valence-electron chi connectivity index (χ1n) is 4.44. The zero-order valence-electron chi connectivity index (χ0n) is 7.22. The number of aryl methyl sites for hydroxylation is 1. The van der Waals surface area contributed by atoms with Crippen LogP contribution in [0.3, 0.4) is 0 Å². The summed E-state index contributed by atoms with van der Waals surface area (Å²) in [6.07, 6.45) is 5.13. The van der Waals surface area contributed by atoms with E-state index in [0.717, 1.165) is 5.33 Å². The zero-order valence-corrected chi connectivity index (χ0v) is 8.81. The Morgan fingerprint density at radius 2 is 1.83 bits per heavy atom. The Bertz CT molecular complexity index is 193. The predicted octanol–water partition coefficient (Wildman–Crippen LogP) is 3.59. The van der Waals surface area contributed by atoms with Crippen molar-refractivity contribution >= 4 is 15.9 Å². The molecule has 1 radical (unpaired) electrons. The Kier molecular flexibility index (Phi) is 5.09. The predicted molar refractivity (Wildman–Crippen MR) is 56.6 cm³/mol. The summed E-state index contributed by atoms with van der Waals surface area (Å²) in [6.45, 7) is 0. The molecular formula is C11H14Br. The molecule has 0 unspecified atom stereocenters. The molecule has 0 amide bonds. The van der Waals surface area contributed by atoms with Gasteiger partial charge < -0.3 is 0 Å². The van der Waals surface area contributed by atoms with Gasteiger partial charge in [0, 0.05) is 5.33 Å². The highest BCUT2D eigenvalue weighted by Gasteiger charge is 1.91. The molecule has 0 nitrogen and oxygen atoms in total. The summed E-state index contributed by atoms with van der Waals surface area (Å²) in [5.41, 5.74) is 1.43. The van der Waals surface area contributed by atoms with E-state index in [1.807, 2.05) is 12.1 Å². The van der Waals surface area contributed by atoms with Crippen LogP contribution in [0.25, 0.3) is 0 Å². The summed E-state index contributed by atoms with van der Waals surface area (Å²) in [5, 5.41) is 1.13. The van der Waals surface area contributed by atoms with E-state index in [2.05, 4.69) is 34.1 Å². The zero-order chi connectivity index (χ0) is 8.65. The molecule has 65 valence electrons. The van der Waals surface area contributed by atoms with Gasteiger partial charge in [0.1, 0.15) is 0 Å². The summed E-state index contributed by atoms with van der Waals surface area (Å²) < 4.78 is 0. The van der Waals surface area contributed by atoms with E-state index in [1.165, 1.54) is 31.2 Å². The first-order chi connectivity index (χ1) is 5.93. The van der Waals surface area contributed by atoms with Crippen LogP contribution in [0.15, 0.2) is 24.3 Å². The standard InChI is InChI=1S/C11H14Br/c12-10-6-2-5-9-11-7-3-1-4-8-11/h3-4,7-8H,2,5-6,9-10H2. The maximum atomic E-state index is 3.43. The maximum Gasteiger partial charge on any atom is 0.00313 e. The van der Waals surface area contributed by atoms with E-state index < -0.39 is 0 Å². The van der Waals surface area contributed by atoms with Gasteiger partial charge in [0.05, 0.1) is 0 Å². The molecule has 0 aliphatic rings. The number of rotatable bonds is 5. The molecule has 0 aromatic heterocycles. The van der Waals surface area contributed by atoms with Crippen LogP contribution in [0.4, 0.5) is 0 Å². The Hall–Kier alpha value is -0.300. The van der Waals surface area contributed by atoms with E-state index in [9.17, 15) is 0 Å². The maximum absolute atomic E-state index is 3.43. The van der Waals surface area contributed by atoms with E-state index in [1.54, 1.807) is 0 Å². The van der Waals surface area contributed by atoms with Gasteiger partial charge in [0.2, 0.25) is 0 Å². The fraction of sp³-hybridized carbons (Fsp3) is 0.455. The molecule has 0 spiro atoms. The van der Waals surface area contributed by atoms with Gasteiger partial charge in [-0.2, -0.15) is 0 Å². The van der Waals surface area contributed by atoms with Crippen LogP contribution in [0, 0.1) is 6.07 Å². The molecule has 0 atom stereocenters. The minimum atomic E-state index is 1.13. The van der Waals surface area contributed by atoms with E-state index in [-0.39, 0.29) is 0 Å². The Balaban J connectivity index is 2.16. The molecule has 0 N–H and O–H groups in total. The molecule has 1 aromatic carbocycles. The molecule has 12 heavy (non-hydrogen) atoms. The molecule has 0 heterocycles. The first kappa shape index (κ1) is 9.79. The second kappa shape index (κ2) is 6.24. The Labute approximate surface area is 83.1 Å². The molecule has 0 aliphatic carbocycles. The lowest BCUT2D eigenvalue weighted by Gasteiger charge is -1.99. The molecule has 1 rings (SSSR count). The van der Waals surface area contributed by atoms with Crippen molar-refractivity contribution in [1.82, 2.24) is 0 Å². The minimum absolute atomic E-state index is 1.13. The van der Waals surface area contributed by atoms with Crippen molar-refractivity contribution in [2.45, 2.75) is 25.7 Å². The number of hydrogen-bond donors (Lipinski definition) is 0. The fourth-order valence-electron chi connectivity index (χ4n) is 1.19. The molecule has 1 heteroatoms. The third-order valence-electron chi connectivity index (χ3n) is 1.89. The molecule has 0 fully saturated rings. The average molecular weight is 226 g/mol. The topological polar surface area (TPSA) is 0 Å². The largest absolute Gasteiger partial charge is 0.0928 e. The van der Waals surface area contributed by atoms with Crippen LogP contribution in [0.2, 0.25) is 0 Å². The van der Waals surface area contributed by atoms with Crippen molar-refractivity contribution < 1.29 is 0 Å². The van der Waals surface area contributed by atoms with Crippen molar-refractivity contribution in [1.29, 1.82) is 0 Å². The van der Waals surface area contributed by atoms with Gasteiger partial charge in [0.25, 0.3) is 0 Å². The van der Waals surface area contributed by atoms with Gasteiger partial charge in [-0.25, -0.2) is 0 Å². The van der Waals surface area contributed by atoms with E-state index >= 15 is 0 Å². The summed E-state index contributed by atoms with van der Waals surface area (Å²) >= 11 is 3.43. The van der Waals surface area contributed by atoms with Crippen LogP contribution in [-0.2, 0) is 6.42 Å². The normalized spacial score (nSPS) is 10.1. The van der Waals surface area contributed by atoms with Crippen molar-refractivity contribution in [3.63, 3.8) is 0 Å². The van der Waals surface area contributed by atoms with Crippen molar-refractivity contribution in [2.75, 3.05) is 5.33 Å². The smallest absolute Gasteiger partial charge is 0.00313 e. The summed E-state index contributed by atoms with van der Waals surface area (Å²) in [7, 11) is 0. The van der Waals surface area contributed by atoms with Crippen LogP contribution in [-0.4, -0.2) is 5.33 Å². The quantitative estimate of drug-likeness (QED) is 0.531. The molecule has 0 saturated carbocycles. The number of alkyl halides is 1. The SMILES string of the molecule is BrCCCCCc1cc[c]cc1. The number of unbranched alkanes of at least 4 members (excludes halogenated alkanes) is 2. The van der Waals surface area contributed by atoms with Crippen molar-refractivity contribution in [3.05, 3.63) is 35.9 Å². The third-order valence-corrected chi connectivity index (χ3v) is 2.45. The van der Waals surface area contributed by atoms with E-state index in [0.29, 0.717) is 0 Å². The van der Waals surface area contributed by atoms with Crippen LogP contribution in [0.5, 0.6) is 0 Å². The lowest BCUT2D eigenvalue weighted by molar-refractivity contribution is 0.724. The highest BCUT2D eigenvalue weighted by Crippen LogP contribution is 2.06. The molecule has 0 saturated heterocycles. The molecule has 0 aliphatic heterocycles. The van der Waals surface area contributed by atoms with Crippen molar-refractivity contribution in [3.8, 4) is 0 Å². The van der Waals surface area contributed by atoms with Crippen LogP contribution in [0.1, 0.15) is 24.8 Å². The summed E-state index contributed by atoms with van der Waals surface area (Å²) in [4.78, 5) is 0. The average Bonchev–Trinajstić information content (AvgIpc) is 2.14. The van der Waals surface area contributed by atoms with E-state index in [4.69, 9.17) is 0 Å². The summed E-state index contributed by atoms with van der Waals surface area (Å²) in [6, 6.07) is 11.3. The van der Waals surface area contributed by atoms with Gasteiger partial charge in [-0.1, -0.05) is 46.6 Å². The van der Waals surface area contributed by atoms with Gasteiger partial charge in [-0.15, -0.1) is 0 Å². The van der Waals surface area contributed by atoms with Gasteiger partial charge in [-0.05, 0) is 30.9 Å². The van der Waals surface area contributed by atoms with Crippen LogP contribution < -0.4 is 0 Å². The fourth-order valence-corrected chi connectivity index (χ4v) is 1.58. The number of hydrogen-bond acceptors (Lipinski definition) is 0. The number of halogens is 1. The second-order valence-electron chi connectivity index (χ2n) is 2.91. The monoisotopic (exact) mass is 225 g/mol. The first-order valence-corrected chi connectivity index (χ1v) is 5.56. The molecule has 1 aromatic rings. The minimum Gasteiger partial charge on any atom is -0.0928 e. The summed E-state index contributed by atoms with van der Waals surface area (Å²) in [5.74, 6) is 0. The highest BCUT2D eigenvalue weighted by molar-refractivity contribution is 9.09. The number of benzene rings is 1. The van der Waals surface area contributed by atoms with Gasteiger partial charge in [0.15, 0.2) is 0 Å². The lowest BCUT2D eigenvalue weighted by Crippen LogP contribution is -1.85. The third kappa shape index (κ3) is 3.91. The van der Waals surface area contributed by atoms with Gasteiger partial charge >= 0.3 is 0 Å².